The molecule has 0 aromatic heterocycles. The fourth-order valence-corrected chi connectivity index (χ4v) is 3.17. The molecule has 0 aliphatic carbocycles. The van der Waals surface area contributed by atoms with Crippen LogP contribution in [0.4, 0.5) is 0 Å². The topological polar surface area (TPSA) is 65.4 Å². The number of rotatable bonds is 3. The van der Waals surface area contributed by atoms with Gasteiger partial charge < -0.3 is 10.1 Å². The molecule has 0 saturated carbocycles. The van der Waals surface area contributed by atoms with Gasteiger partial charge in [0, 0.05) is 19.1 Å². The minimum Gasteiger partial charge on any atom is -0.492 e. The molecule has 1 amide bonds. The molecule has 5 heteroatoms. The van der Waals surface area contributed by atoms with E-state index in [9.17, 15) is 4.79 Å². The van der Waals surface area contributed by atoms with E-state index < -0.39 is 0 Å². The summed E-state index contributed by atoms with van der Waals surface area (Å²) in [4.78, 5) is 14.7. The molecule has 3 rings (SSSR count). The van der Waals surface area contributed by atoms with Crippen molar-refractivity contribution in [1.29, 1.82) is 5.26 Å². The fourth-order valence-electron chi connectivity index (χ4n) is 3.17. The maximum Gasteiger partial charge on any atom is 0.255 e. The van der Waals surface area contributed by atoms with Crippen LogP contribution in [-0.4, -0.2) is 43.1 Å². The van der Waals surface area contributed by atoms with Crippen LogP contribution in [0.25, 0.3) is 0 Å². The number of nitrogens with one attached hydrogen (secondary N) is 1. The van der Waals surface area contributed by atoms with Gasteiger partial charge in [0.2, 0.25) is 0 Å². The van der Waals surface area contributed by atoms with Crippen LogP contribution in [0.2, 0.25) is 0 Å². The van der Waals surface area contributed by atoms with E-state index in [1.807, 2.05) is 18.2 Å². The first-order valence-corrected chi connectivity index (χ1v) is 7.93. The first-order valence-electron chi connectivity index (χ1n) is 7.93. The quantitative estimate of drug-likeness (QED) is 0.863. The number of benzene rings is 1. The fraction of sp³-hybridized carbons (Fsp3) is 0.529. The minimum atomic E-state index is -0.0440. The number of nitrogens with zero attached hydrogens (tertiary/aromatic N) is 2. The van der Waals surface area contributed by atoms with Crippen LogP contribution in [0, 0.1) is 11.3 Å². The summed E-state index contributed by atoms with van der Waals surface area (Å²) in [7, 11) is 0. The molecule has 1 N–H and O–H groups in total. The zero-order valence-electron chi connectivity index (χ0n) is 12.7. The third-order valence-electron chi connectivity index (χ3n) is 4.40. The number of fused-ring (bicyclic) bond motifs is 1. The number of hydrogen-bond acceptors (Lipinski definition) is 4. The molecule has 116 valence electrons. The normalized spacial score (nSPS) is 18.9. The average molecular weight is 299 g/mol. The molecule has 2 aliphatic heterocycles. The monoisotopic (exact) mass is 299 g/mol. The summed E-state index contributed by atoms with van der Waals surface area (Å²) < 4.78 is 5.71. The van der Waals surface area contributed by atoms with E-state index in [0.29, 0.717) is 18.7 Å². The second kappa shape index (κ2) is 6.80. The number of hydrogen-bond donors (Lipinski definition) is 1. The van der Waals surface area contributed by atoms with Crippen molar-refractivity contribution >= 4 is 5.91 Å². The third kappa shape index (κ3) is 3.23. The van der Waals surface area contributed by atoms with E-state index >= 15 is 0 Å². The van der Waals surface area contributed by atoms with Crippen molar-refractivity contribution in [1.82, 2.24) is 10.2 Å². The number of nitriles is 1. The van der Waals surface area contributed by atoms with Gasteiger partial charge in [0.1, 0.15) is 5.75 Å². The second-order valence-corrected chi connectivity index (χ2v) is 5.93. The van der Waals surface area contributed by atoms with Crippen molar-refractivity contribution in [3.8, 4) is 11.8 Å². The second-order valence-electron chi connectivity index (χ2n) is 5.93. The summed E-state index contributed by atoms with van der Waals surface area (Å²) in [5, 5.41) is 11.8. The van der Waals surface area contributed by atoms with Crippen molar-refractivity contribution in [3.63, 3.8) is 0 Å². The Morgan fingerprint density at radius 2 is 2.23 bits per heavy atom. The van der Waals surface area contributed by atoms with Crippen molar-refractivity contribution < 1.29 is 9.53 Å². The lowest BCUT2D eigenvalue weighted by atomic mass is 10.0. The zero-order valence-corrected chi connectivity index (χ0v) is 12.7. The average Bonchev–Trinajstić information content (AvgIpc) is 2.56. The highest BCUT2D eigenvalue weighted by Crippen LogP contribution is 2.29. The Hall–Kier alpha value is -2.06. The number of carbonyl (C=O) groups is 1. The van der Waals surface area contributed by atoms with Crippen LogP contribution < -0.4 is 10.1 Å². The van der Waals surface area contributed by atoms with Gasteiger partial charge in [0.05, 0.1) is 24.8 Å². The lowest BCUT2D eigenvalue weighted by molar-refractivity contribution is 0.0909. The van der Waals surface area contributed by atoms with Crippen LogP contribution in [0.1, 0.15) is 35.2 Å². The molecule has 1 aromatic carbocycles. The number of aryl methyl sites for hydroxylation is 1. The van der Waals surface area contributed by atoms with E-state index in [1.165, 1.54) is 0 Å². The van der Waals surface area contributed by atoms with Gasteiger partial charge in [-0.1, -0.05) is 12.1 Å². The van der Waals surface area contributed by atoms with Crippen molar-refractivity contribution in [2.24, 2.45) is 0 Å². The zero-order chi connectivity index (χ0) is 15.4. The molecule has 0 atom stereocenters. The molecule has 0 radical (unpaired) electrons. The van der Waals surface area contributed by atoms with Gasteiger partial charge in [0.25, 0.3) is 5.91 Å². The summed E-state index contributed by atoms with van der Waals surface area (Å²) in [5.74, 6) is 0.714. The Balaban J connectivity index is 1.63. The number of amides is 1. The highest BCUT2D eigenvalue weighted by molar-refractivity contribution is 5.97. The summed E-state index contributed by atoms with van der Waals surface area (Å²) in [5.41, 5.74) is 1.78. The molecule has 5 nitrogen and oxygen atoms in total. The Kier molecular flexibility index (Phi) is 4.59. The lowest BCUT2D eigenvalue weighted by Gasteiger charge is -2.31. The maximum atomic E-state index is 12.5. The summed E-state index contributed by atoms with van der Waals surface area (Å²) in [6.45, 7) is 2.88. The van der Waals surface area contributed by atoms with E-state index in [0.717, 1.165) is 50.1 Å². The van der Waals surface area contributed by atoms with E-state index in [4.69, 9.17) is 10.00 Å². The van der Waals surface area contributed by atoms with Gasteiger partial charge in [-0.25, -0.2) is 0 Å². The Morgan fingerprint density at radius 1 is 1.41 bits per heavy atom. The predicted molar refractivity (Wildman–Crippen MR) is 82.8 cm³/mol. The van der Waals surface area contributed by atoms with E-state index in [2.05, 4.69) is 16.3 Å². The maximum absolute atomic E-state index is 12.5. The Labute approximate surface area is 130 Å². The SMILES string of the molecule is N#CCN1CCC(NC(=O)c2cccc3c2OCCC3)CC1. The smallest absolute Gasteiger partial charge is 0.255 e. The standard InChI is InChI=1S/C17H21N3O2/c18-8-11-20-9-6-14(7-10-20)19-17(21)15-5-1-3-13-4-2-12-22-16(13)15/h1,3,5,14H,2,4,6-7,9-12H2,(H,19,21). The largest absolute Gasteiger partial charge is 0.492 e. The van der Waals surface area contributed by atoms with Gasteiger partial charge in [-0.3, -0.25) is 9.69 Å². The van der Waals surface area contributed by atoms with Crippen LogP contribution in [0.3, 0.4) is 0 Å². The van der Waals surface area contributed by atoms with Crippen LogP contribution >= 0.6 is 0 Å². The Bertz CT molecular complexity index is 586. The van der Waals surface area contributed by atoms with E-state index in [1.54, 1.807) is 0 Å². The molecule has 1 aromatic rings. The first-order chi connectivity index (χ1) is 10.8. The van der Waals surface area contributed by atoms with Crippen molar-refractivity contribution in [2.45, 2.75) is 31.7 Å². The molecule has 0 bridgehead atoms. The summed E-state index contributed by atoms with van der Waals surface area (Å²) in [6.07, 6.45) is 3.77. The van der Waals surface area contributed by atoms with Crippen molar-refractivity contribution in [2.75, 3.05) is 26.2 Å². The summed E-state index contributed by atoms with van der Waals surface area (Å²) >= 11 is 0. The molecular formula is C17H21N3O2. The molecule has 22 heavy (non-hydrogen) atoms. The van der Waals surface area contributed by atoms with Gasteiger partial charge in [0.15, 0.2) is 0 Å². The number of para-hydroxylation sites is 1. The highest BCUT2D eigenvalue weighted by Gasteiger charge is 2.24. The van der Waals surface area contributed by atoms with Crippen LogP contribution in [-0.2, 0) is 6.42 Å². The van der Waals surface area contributed by atoms with Crippen molar-refractivity contribution in [3.05, 3.63) is 29.3 Å². The number of piperidine rings is 1. The number of carbonyl (C=O) groups excluding carboxylic acids is 1. The van der Waals surface area contributed by atoms with Gasteiger partial charge >= 0.3 is 0 Å². The third-order valence-corrected chi connectivity index (χ3v) is 4.40. The highest BCUT2D eigenvalue weighted by atomic mass is 16.5. The molecule has 1 saturated heterocycles. The first kappa shape index (κ1) is 14.9. The van der Waals surface area contributed by atoms with Gasteiger partial charge in [-0.2, -0.15) is 5.26 Å². The van der Waals surface area contributed by atoms with Gasteiger partial charge in [-0.15, -0.1) is 0 Å². The molecule has 0 spiro atoms. The summed E-state index contributed by atoms with van der Waals surface area (Å²) in [6, 6.07) is 8.16. The molecule has 2 aliphatic rings. The molecule has 2 heterocycles. The lowest BCUT2D eigenvalue weighted by Crippen LogP contribution is -2.44. The van der Waals surface area contributed by atoms with Crippen LogP contribution in [0.5, 0.6) is 5.75 Å². The molecule has 1 fully saturated rings. The van der Waals surface area contributed by atoms with Gasteiger partial charge in [-0.05, 0) is 37.3 Å². The Morgan fingerprint density at radius 3 is 3.00 bits per heavy atom. The van der Waals surface area contributed by atoms with Crippen LogP contribution in [0.15, 0.2) is 18.2 Å². The predicted octanol–water partition coefficient (Wildman–Crippen LogP) is 1.73. The number of ether oxygens (including phenoxy) is 1. The minimum absolute atomic E-state index is 0.0440. The molecular weight excluding hydrogens is 278 g/mol. The number of likely N-dealkylation sites (tertiary alicyclic amines) is 1. The molecule has 0 unspecified atom stereocenters. The van der Waals surface area contributed by atoms with E-state index in [-0.39, 0.29) is 11.9 Å².